The van der Waals surface area contributed by atoms with Gasteiger partial charge in [0.15, 0.2) is 0 Å². The largest absolute Gasteiger partial charge is 0.481 e. The highest BCUT2D eigenvalue weighted by Crippen LogP contribution is 2.60. The number of carboxylic acids is 1. The number of carboxylic acid groups (broad SMARTS) is 1. The Kier molecular flexibility index (Phi) is 7.48. The minimum absolute atomic E-state index is 0.301. The molecule has 188 valence electrons. The summed E-state index contributed by atoms with van der Waals surface area (Å²) in [5.74, 6) is 10.3. The van der Waals surface area contributed by atoms with Crippen LogP contribution in [0.5, 0.6) is 0 Å². The van der Waals surface area contributed by atoms with Gasteiger partial charge in [0.1, 0.15) is 5.76 Å². The predicted octanol–water partition coefficient (Wildman–Crippen LogP) is 6.64. The molecule has 1 aromatic carbocycles. The molecule has 2 N–H and O–H groups in total. The van der Waals surface area contributed by atoms with Crippen molar-refractivity contribution >= 4 is 5.97 Å². The van der Waals surface area contributed by atoms with Crippen LogP contribution in [0, 0.1) is 41.4 Å². The van der Waals surface area contributed by atoms with Crippen molar-refractivity contribution in [2.75, 3.05) is 0 Å². The van der Waals surface area contributed by atoms with E-state index in [1.54, 1.807) is 0 Å². The molecule has 3 aliphatic rings. The number of unbranched alkanes of at least 4 members (excludes halogenated alkanes) is 1. The predicted molar refractivity (Wildman–Crippen MR) is 141 cm³/mol. The molecule has 4 heteroatoms. The molecule has 0 amide bonds. The van der Waals surface area contributed by atoms with Gasteiger partial charge in [0.05, 0.1) is 12.4 Å². The number of hydrogen-bond donors (Lipinski definition) is 2. The van der Waals surface area contributed by atoms with Gasteiger partial charge < -0.3 is 14.6 Å². The Labute approximate surface area is 214 Å². The van der Waals surface area contributed by atoms with E-state index in [2.05, 4.69) is 54.3 Å². The van der Waals surface area contributed by atoms with Crippen LogP contribution < -0.4 is 0 Å². The molecule has 0 aliphatic heterocycles. The van der Waals surface area contributed by atoms with Gasteiger partial charge in [-0.1, -0.05) is 55.0 Å². The fraction of sp³-hybridized carbons (Fsp3) is 0.469. The molecule has 2 aromatic rings. The number of aliphatic hydroxyl groups excluding tert-OH is 1. The SMILES string of the molecule is C[C@H](O)C1=CC=CC(Cc2coc(-c3ccc(C#C[C@@H]4[C@H]5CC(CCCCC(=O)O)C[C@@H]45)cc3)c2)C1. The monoisotopic (exact) mass is 484 g/mol. The summed E-state index contributed by atoms with van der Waals surface area (Å²) in [7, 11) is 0. The second-order valence-electron chi connectivity index (χ2n) is 11.0. The smallest absolute Gasteiger partial charge is 0.303 e. The molecular weight excluding hydrogens is 448 g/mol. The first-order valence-electron chi connectivity index (χ1n) is 13.4. The highest BCUT2D eigenvalue weighted by Gasteiger charge is 2.54. The number of carbonyl (C=O) groups is 1. The Balaban J connectivity index is 1.09. The van der Waals surface area contributed by atoms with Crippen LogP contribution in [-0.4, -0.2) is 22.3 Å². The van der Waals surface area contributed by atoms with Crippen molar-refractivity contribution in [1.29, 1.82) is 0 Å². The lowest BCUT2D eigenvalue weighted by molar-refractivity contribution is -0.137. The Morgan fingerprint density at radius 3 is 2.67 bits per heavy atom. The second kappa shape index (κ2) is 10.9. The summed E-state index contributed by atoms with van der Waals surface area (Å²) in [6.45, 7) is 1.83. The zero-order valence-electron chi connectivity index (χ0n) is 21.0. The average Bonchev–Trinajstić information content (AvgIpc) is 3.18. The van der Waals surface area contributed by atoms with Crippen molar-refractivity contribution < 1.29 is 19.4 Å². The van der Waals surface area contributed by atoms with Gasteiger partial charge in [0.25, 0.3) is 0 Å². The molecule has 1 heterocycles. The summed E-state index contributed by atoms with van der Waals surface area (Å²) >= 11 is 0. The van der Waals surface area contributed by atoms with Crippen LogP contribution in [0.2, 0.25) is 0 Å². The van der Waals surface area contributed by atoms with E-state index in [1.807, 2.05) is 19.3 Å². The molecule has 2 saturated carbocycles. The Morgan fingerprint density at radius 2 is 1.94 bits per heavy atom. The van der Waals surface area contributed by atoms with Crippen LogP contribution in [0.15, 0.2) is 64.8 Å². The fourth-order valence-electron chi connectivity index (χ4n) is 6.16. The molecule has 0 saturated heterocycles. The van der Waals surface area contributed by atoms with Gasteiger partial charge in [-0.25, -0.2) is 0 Å². The third-order valence-electron chi connectivity index (χ3n) is 8.23. The van der Waals surface area contributed by atoms with Crippen LogP contribution >= 0.6 is 0 Å². The number of hydrogen-bond acceptors (Lipinski definition) is 3. The minimum atomic E-state index is -0.681. The highest BCUT2D eigenvalue weighted by atomic mass is 16.4. The first-order valence-corrected chi connectivity index (χ1v) is 13.4. The quantitative estimate of drug-likeness (QED) is 0.309. The van der Waals surface area contributed by atoms with Crippen molar-refractivity contribution in [3.8, 4) is 23.2 Å². The maximum absolute atomic E-state index is 10.6. The van der Waals surface area contributed by atoms with E-state index in [0.717, 1.165) is 65.9 Å². The molecule has 0 bridgehead atoms. The number of rotatable bonds is 9. The number of fused-ring (bicyclic) bond motifs is 1. The summed E-state index contributed by atoms with van der Waals surface area (Å²) in [6.07, 6.45) is 15.4. The van der Waals surface area contributed by atoms with Crippen LogP contribution in [0.25, 0.3) is 11.3 Å². The molecule has 1 aromatic heterocycles. The molecule has 6 atom stereocenters. The molecule has 0 radical (unpaired) electrons. The normalized spacial score (nSPS) is 27.1. The summed E-state index contributed by atoms with van der Waals surface area (Å²) in [4.78, 5) is 10.6. The van der Waals surface area contributed by atoms with Gasteiger partial charge >= 0.3 is 5.97 Å². The third kappa shape index (κ3) is 6.02. The first-order chi connectivity index (χ1) is 17.5. The maximum atomic E-state index is 10.6. The number of furan rings is 1. The van der Waals surface area contributed by atoms with Crippen LogP contribution in [0.1, 0.15) is 63.0 Å². The molecule has 5 rings (SSSR count). The highest BCUT2D eigenvalue weighted by molar-refractivity contribution is 5.66. The summed E-state index contributed by atoms with van der Waals surface area (Å²) in [6, 6.07) is 10.5. The van der Waals surface area contributed by atoms with E-state index in [4.69, 9.17) is 9.52 Å². The van der Waals surface area contributed by atoms with Gasteiger partial charge in [-0.05, 0) is 92.0 Å². The van der Waals surface area contributed by atoms with Crippen molar-refractivity contribution in [2.45, 2.75) is 64.4 Å². The molecular formula is C32H36O4. The second-order valence-corrected chi connectivity index (χ2v) is 11.0. The zero-order chi connectivity index (χ0) is 25.1. The third-order valence-corrected chi connectivity index (χ3v) is 8.23. The topological polar surface area (TPSA) is 70.7 Å². The van der Waals surface area contributed by atoms with Crippen molar-refractivity contribution in [1.82, 2.24) is 0 Å². The van der Waals surface area contributed by atoms with E-state index < -0.39 is 12.1 Å². The van der Waals surface area contributed by atoms with E-state index in [9.17, 15) is 9.90 Å². The van der Waals surface area contributed by atoms with Gasteiger partial charge in [0.2, 0.25) is 0 Å². The number of aliphatic hydroxyl groups is 1. The molecule has 0 spiro atoms. The maximum Gasteiger partial charge on any atom is 0.303 e. The van der Waals surface area contributed by atoms with E-state index >= 15 is 0 Å². The Morgan fingerprint density at radius 1 is 1.17 bits per heavy atom. The number of aliphatic carboxylic acids is 1. The fourth-order valence-corrected chi connectivity index (χ4v) is 6.16. The van der Waals surface area contributed by atoms with Crippen LogP contribution in [0.4, 0.5) is 0 Å². The molecule has 2 fully saturated rings. The van der Waals surface area contributed by atoms with Gasteiger partial charge in [-0.15, -0.1) is 0 Å². The summed E-state index contributed by atoms with van der Waals surface area (Å²) in [5.41, 5.74) is 4.37. The number of benzene rings is 1. The van der Waals surface area contributed by atoms with Gasteiger partial charge in [-0.2, -0.15) is 0 Å². The van der Waals surface area contributed by atoms with E-state index in [-0.39, 0.29) is 0 Å². The van der Waals surface area contributed by atoms with Crippen molar-refractivity contribution in [3.63, 3.8) is 0 Å². The number of allylic oxidation sites excluding steroid dienone is 3. The molecule has 4 nitrogen and oxygen atoms in total. The lowest BCUT2D eigenvalue weighted by Gasteiger charge is -2.19. The summed E-state index contributed by atoms with van der Waals surface area (Å²) < 4.78 is 5.87. The zero-order valence-corrected chi connectivity index (χ0v) is 21.0. The lowest BCUT2D eigenvalue weighted by Crippen LogP contribution is -2.13. The molecule has 3 aliphatic carbocycles. The molecule has 2 unspecified atom stereocenters. The lowest BCUT2D eigenvalue weighted by atomic mass is 9.88. The van der Waals surface area contributed by atoms with Crippen LogP contribution in [0.3, 0.4) is 0 Å². The average molecular weight is 485 g/mol. The summed E-state index contributed by atoms with van der Waals surface area (Å²) in [5, 5.41) is 18.6. The van der Waals surface area contributed by atoms with Crippen molar-refractivity contribution in [2.24, 2.45) is 29.6 Å². The van der Waals surface area contributed by atoms with Gasteiger partial charge in [-0.3, -0.25) is 4.79 Å². The van der Waals surface area contributed by atoms with Crippen molar-refractivity contribution in [3.05, 3.63) is 71.5 Å². The standard InChI is InChI=1S/C32H36O4/c1-21(33)27-7-4-6-23(16-27)15-25-19-31(36-20-25)26-12-9-22(10-13-26)11-14-28-29-17-24(18-30(28)29)5-2-3-8-32(34)35/h4,6-7,9-10,12-13,19-21,23-24,28-30,33H,2-3,5,8,15-18H2,1H3,(H,34,35)/t21-,23?,24?,28-,29-,30+/m0/s1. The van der Waals surface area contributed by atoms with E-state index in [1.165, 1.54) is 24.8 Å². The Hall–Kier alpha value is -3.03. The van der Waals surface area contributed by atoms with Gasteiger partial charge in [0, 0.05) is 23.5 Å². The Bertz CT molecular complexity index is 1170. The van der Waals surface area contributed by atoms with E-state index in [0.29, 0.717) is 18.3 Å². The molecule has 36 heavy (non-hydrogen) atoms. The minimum Gasteiger partial charge on any atom is -0.481 e. The first kappa shape index (κ1) is 24.7. The van der Waals surface area contributed by atoms with Crippen LogP contribution in [-0.2, 0) is 11.2 Å².